The van der Waals surface area contributed by atoms with Gasteiger partial charge < -0.3 is 15.5 Å². The minimum Gasteiger partial charge on any atom is -0.331 e. The van der Waals surface area contributed by atoms with Crippen LogP contribution in [-0.2, 0) is 4.79 Å². The highest BCUT2D eigenvalue weighted by Crippen LogP contribution is 2.20. The first-order valence-electron chi connectivity index (χ1n) is 7.79. The second-order valence-electron chi connectivity index (χ2n) is 5.86. The molecule has 24 heavy (non-hydrogen) atoms. The van der Waals surface area contributed by atoms with Crippen LogP contribution >= 0.6 is 11.3 Å². The summed E-state index contributed by atoms with van der Waals surface area (Å²) < 4.78 is 0. The predicted octanol–water partition coefficient (Wildman–Crippen LogP) is 3.71. The maximum atomic E-state index is 12.2. The summed E-state index contributed by atoms with van der Waals surface area (Å²) >= 11 is 1.59. The molecule has 0 radical (unpaired) electrons. The summed E-state index contributed by atoms with van der Waals surface area (Å²) in [4.78, 5) is 26.9. The summed E-state index contributed by atoms with van der Waals surface area (Å²) in [6.45, 7) is 5.81. The fraction of sp³-hybridized carbons (Fsp3) is 0.333. The molecule has 128 valence electrons. The number of nitrogens with zero attached hydrogens (tertiary/aromatic N) is 1. The van der Waals surface area contributed by atoms with Crippen molar-refractivity contribution in [1.29, 1.82) is 0 Å². The first-order chi connectivity index (χ1) is 11.4. The summed E-state index contributed by atoms with van der Waals surface area (Å²) in [5.74, 6) is -0.214. The van der Waals surface area contributed by atoms with Gasteiger partial charge in [0, 0.05) is 17.6 Å². The molecule has 2 aromatic rings. The molecule has 2 rings (SSSR count). The Morgan fingerprint density at radius 1 is 1.17 bits per heavy atom. The first-order valence-corrected chi connectivity index (χ1v) is 8.67. The Morgan fingerprint density at radius 2 is 1.83 bits per heavy atom. The van der Waals surface area contributed by atoms with E-state index < -0.39 is 0 Å². The normalized spacial score (nSPS) is 11.7. The Hall–Kier alpha value is -2.34. The average Bonchev–Trinajstić information content (AvgIpc) is 3.05. The van der Waals surface area contributed by atoms with E-state index in [-0.39, 0.29) is 24.5 Å². The Balaban J connectivity index is 1.90. The number of amides is 3. The largest absolute Gasteiger partial charge is 0.331 e. The number of urea groups is 1. The Morgan fingerprint density at radius 3 is 2.42 bits per heavy atom. The van der Waals surface area contributed by atoms with Gasteiger partial charge in [-0.05, 0) is 43.3 Å². The maximum Gasteiger partial charge on any atom is 0.318 e. The number of carbonyl (C=O) groups is 2. The van der Waals surface area contributed by atoms with Crippen LogP contribution in [-0.4, -0.2) is 30.4 Å². The van der Waals surface area contributed by atoms with Gasteiger partial charge in [0.1, 0.15) is 6.54 Å². The number of thiophene rings is 1. The molecular formula is C18H23N3O2S. The van der Waals surface area contributed by atoms with Crippen LogP contribution in [0.25, 0.3) is 0 Å². The topological polar surface area (TPSA) is 61.4 Å². The lowest BCUT2D eigenvalue weighted by Crippen LogP contribution is -2.42. The molecular weight excluding hydrogens is 322 g/mol. The molecule has 0 aliphatic carbocycles. The summed E-state index contributed by atoms with van der Waals surface area (Å²) in [5.41, 5.74) is 2.81. The van der Waals surface area contributed by atoms with Crippen molar-refractivity contribution in [3.63, 3.8) is 0 Å². The summed E-state index contributed by atoms with van der Waals surface area (Å²) in [6.07, 6.45) is 0. The molecule has 0 unspecified atom stereocenters. The Labute approximate surface area is 146 Å². The van der Waals surface area contributed by atoms with Crippen LogP contribution in [0.1, 0.15) is 29.0 Å². The quantitative estimate of drug-likeness (QED) is 0.868. The standard InChI is InChI=1S/C18H23N3O2S/c1-12-7-5-8-13(2)17(12)20-16(22)11-21(4)18(23)19-14(3)15-9-6-10-24-15/h5-10,14H,11H2,1-4H3,(H,19,23)(H,20,22)/t14-/m1/s1. The van der Waals surface area contributed by atoms with Gasteiger partial charge in [0.25, 0.3) is 0 Å². The van der Waals surface area contributed by atoms with Crippen LogP contribution in [0.5, 0.6) is 0 Å². The predicted molar refractivity (Wildman–Crippen MR) is 98.4 cm³/mol. The molecule has 0 bridgehead atoms. The van der Waals surface area contributed by atoms with Crippen LogP contribution in [0, 0.1) is 13.8 Å². The molecule has 0 fully saturated rings. The van der Waals surface area contributed by atoms with Crippen LogP contribution in [0.4, 0.5) is 10.5 Å². The van der Waals surface area contributed by atoms with E-state index in [0.29, 0.717) is 0 Å². The molecule has 0 saturated carbocycles. The molecule has 0 aliphatic rings. The number of aryl methyl sites for hydroxylation is 2. The van der Waals surface area contributed by atoms with Gasteiger partial charge in [0.15, 0.2) is 0 Å². The molecule has 0 spiro atoms. The lowest BCUT2D eigenvalue weighted by atomic mass is 10.1. The van der Waals surface area contributed by atoms with E-state index in [2.05, 4.69) is 10.6 Å². The van der Waals surface area contributed by atoms with Crippen molar-refractivity contribution in [3.05, 3.63) is 51.7 Å². The van der Waals surface area contributed by atoms with Gasteiger partial charge in [-0.3, -0.25) is 4.79 Å². The summed E-state index contributed by atoms with van der Waals surface area (Å²) in [6, 6.07) is 9.41. The van der Waals surface area contributed by atoms with Crippen LogP contribution in [0.2, 0.25) is 0 Å². The zero-order chi connectivity index (χ0) is 17.7. The van der Waals surface area contributed by atoms with Crippen molar-refractivity contribution in [2.24, 2.45) is 0 Å². The molecule has 1 heterocycles. The van der Waals surface area contributed by atoms with E-state index >= 15 is 0 Å². The van der Waals surface area contributed by atoms with Gasteiger partial charge in [0.05, 0.1) is 6.04 Å². The highest BCUT2D eigenvalue weighted by atomic mass is 32.1. The number of likely N-dealkylation sites (N-methyl/N-ethyl adjacent to an activating group) is 1. The zero-order valence-corrected chi connectivity index (χ0v) is 15.2. The Kier molecular flexibility index (Phi) is 5.98. The summed E-state index contributed by atoms with van der Waals surface area (Å²) in [5, 5.41) is 7.75. The van der Waals surface area contributed by atoms with Crippen LogP contribution in [0.3, 0.4) is 0 Å². The third-order valence-corrected chi connectivity index (χ3v) is 4.84. The van der Waals surface area contributed by atoms with Gasteiger partial charge in [-0.2, -0.15) is 0 Å². The van der Waals surface area contributed by atoms with Gasteiger partial charge in [-0.25, -0.2) is 4.79 Å². The number of carbonyl (C=O) groups excluding carboxylic acids is 2. The van der Waals surface area contributed by atoms with Crippen molar-refractivity contribution < 1.29 is 9.59 Å². The minimum atomic E-state index is -0.271. The number of rotatable bonds is 5. The van der Waals surface area contributed by atoms with Crippen molar-refractivity contribution in [3.8, 4) is 0 Å². The average molecular weight is 345 g/mol. The second kappa shape index (κ2) is 7.97. The van der Waals surface area contributed by atoms with Crippen molar-refractivity contribution >= 4 is 29.0 Å². The molecule has 5 nitrogen and oxygen atoms in total. The minimum absolute atomic E-state index is 0.00321. The van der Waals surface area contributed by atoms with Gasteiger partial charge in [-0.15, -0.1) is 11.3 Å². The molecule has 2 N–H and O–H groups in total. The lowest BCUT2D eigenvalue weighted by molar-refractivity contribution is -0.116. The third kappa shape index (κ3) is 4.58. The number of nitrogens with one attached hydrogen (secondary N) is 2. The third-order valence-electron chi connectivity index (χ3n) is 3.78. The molecule has 1 atom stereocenters. The maximum absolute atomic E-state index is 12.2. The zero-order valence-electron chi connectivity index (χ0n) is 14.4. The fourth-order valence-corrected chi connectivity index (χ4v) is 3.12. The van der Waals surface area contributed by atoms with Crippen molar-refractivity contribution in [2.75, 3.05) is 18.9 Å². The molecule has 3 amide bonds. The first kappa shape index (κ1) is 18.0. The van der Waals surface area contributed by atoms with E-state index in [0.717, 1.165) is 21.7 Å². The number of benzene rings is 1. The van der Waals surface area contributed by atoms with Gasteiger partial charge >= 0.3 is 6.03 Å². The Bertz CT molecular complexity index is 693. The molecule has 1 aromatic carbocycles. The molecule has 6 heteroatoms. The number of hydrogen-bond donors (Lipinski definition) is 2. The molecule has 0 aliphatic heterocycles. The number of hydrogen-bond acceptors (Lipinski definition) is 3. The van der Waals surface area contributed by atoms with Crippen LogP contribution in [0.15, 0.2) is 35.7 Å². The number of anilines is 1. The van der Waals surface area contributed by atoms with Crippen molar-refractivity contribution in [2.45, 2.75) is 26.8 Å². The number of para-hydroxylation sites is 1. The highest BCUT2D eigenvalue weighted by molar-refractivity contribution is 7.10. The smallest absolute Gasteiger partial charge is 0.318 e. The van der Waals surface area contributed by atoms with Crippen LogP contribution < -0.4 is 10.6 Å². The molecule has 1 aromatic heterocycles. The fourth-order valence-electron chi connectivity index (χ4n) is 2.38. The monoisotopic (exact) mass is 345 g/mol. The molecule has 0 saturated heterocycles. The highest BCUT2D eigenvalue weighted by Gasteiger charge is 2.17. The van der Waals surface area contributed by atoms with E-state index in [1.54, 1.807) is 18.4 Å². The second-order valence-corrected chi connectivity index (χ2v) is 6.84. The van der Waals surface area contributed by atoms with E-state index in [9.17, 15) is 9.59 Å². The van der Waals surface area contributed by atoms with E-state index in [4.69, 9.17) is 0 Å². The van der Waals surface area contributed by atoms with Gasteiger partial charge in [-0.1, -0.05) is 24.3 Å². The lowest BCUT2D eigenvalue weighted by Gasteiger charge is -2.21. The SMILES string of the molecule is Cc1cccc(C)c1NC(=O)CN(C)C(=O)N[C@H](C)c1cccs1. The summed E-state index contributed by atoms with van der Waals surface area (Å²) in [7, 11) is 1.61. The van der Waals surface area contributed by atoms with E-state index in [1.807, 2.05) is 56.5 Å². The van der Waals surface area contributed by atoms with E-state index in [1.165, 1.54) is 4.90 Å². The van der Waals surface area contributed by atoms with Crippen molar-refractivity contribution in [1.82, 2.24) is 10.2 Å². The van der Waals surface area contributed by atoms with Gasteiger partial charge in [0.2, 0.25) is 5.91 Å².